The third-order valence-electron chi connectivity index (χ3n) is 3.95. The highest BCUT2D eigenvalue weighted by atomic mass is 16.5. The molecule has 23 heavy (non-hydrogen) atoms. The van der Waals surface area contributed by atoms with Crippen molar-refractivity contribution >= 4 is 23.1 Å². The highest BCUT2D eigenvalue weighted by molar-refractivity contribution is 6.52. The molecule has 2 rings (SSSR count). The Hall–Kier alpha value is -2.50. The fraction of sp³-hybridized carbons (Fsp3) is 0.412. The third kappa shape index (κ3) is 3.31. The van der Waals surface area contributed by atoms with E-state index in [-0.39, 0.29) is 34.8 Å². The van der Waals surface area contributed by atoms with Gasteiger partial charge >= 0.3 is 0 Å². The molecule has 0 radical (unpaired) electrons. The van der Waals surface area contributed by atoms with Crippen LogP contribution >= 0.6 is 0 Å². The number of methoxy groups -OCH3 is 1. The molecule has 0 bridgehead atoms. The molecular weight excluding hydrogens is 300 g/mol. The van der Waals surface area contributed by atoms with Crippen LogP contribution in [0.4, 0.5) is 0 Å². The molecule has 1 aliphatic rings. The SMILES string of the molecule is COc1cc(O)c2c(c1)C(=O)C(=O)C(CCCCC(C)=O)C2=O. The summed E-state index contributed by atoms with van der Waals surface area (Å²) in [6.07, 6.45) is 1.62. The van der Waals surface area contributed by atoms with Gasteiger partial charge in [-0.2, -0.15) is 0 Å². The molecular formula is C17H18O6. The highest BCUT2D eigenvalue weighted by Gasteiger charge is 2.41. The van der Waals surface area contributed by atoms with Gasteiger partial charge in [-0.15, -0.1) is 0 Å². The number of rotatable bonds is 6. The first-order valence-electron chi connectivity index (χ1n) is 7.40. The van der Waals surface area contributed by atoms with Crippen molar-refractivity contribution in [2.45, 2.75) is 32.6 Å². The summed E-state index contributed by atoms with van der Waals surface area (Å²) < 4.78 is 4.94. The van der Waals surface area contributed by atoms with Crippen LogP contribution in [0.3, 0.4) is 0 Å². The van der Waals surface area contributed by atoms with Crippen molar-refractivity contribution in [1.29, 1.82) is 0 Å². The van der Waals surface area contributed by atoms with Gasteiger partial charge < -0.3 is 14.6 Å². The van der Waals surface area contributed by atoms with Crippen LogP contribution in [0.5, 0.6) is 11.5 Å². The smallest absolute Gasteiger partial charge is 0.230 e. The first-order chi connectivity index (χ1) is 10.9. The van der Waals surface area contributed by atoms with E-state index in [2.05, 4.69) is 0 Å². The molecule has 6 nitrogen and oxygen atoms in total. The van der Waals surface area contributed by atoms with Gasteiger partial charge in [0.2, 0.25) is 11.6 Å². The lowest BCUT2D eigenvalue weighted by atomic mass is 9.78. The second-order valence-corrected chi connectivity index (χ2v) is 5.63. The Labute approximate surface area is 133 Å². The second kappa shape index (κ2) is 6.73. The first-order valence-corrected chi connectivity index (χ1v) is 7.40. The molecule has 0 saturated carbocycles. The summed E-state index contributed by atoms with van der Waals surface area (Å²) in [4.78, 5) is 47.8. The molecule has 0 saturated heterocycles. The van der Waals surface area contributed by atoms with Gasteiger partial charge in [0.05, 0.1) is 18.6 Å². The van der Waals surface area contributed by atoms with Crippen LogP contribution in [0.1, 0.15) is 53.3 Å². The van der Waals surface area contributed by atoms with Crippen LogP contribution in [0.15, 0.2) is 12.1 Å². The van der Waals surface area contributed by atoms with Gasteiger partial charge in [0, 0.05) is 18.1 Å². The van der Waals surface area contributed by atoms with Crippen molar-refractivity contribution in [2.24, 2.45) is 5.92 Å². The van der Waals surface area contributed by atoms with Crippen LogP contribution in [-0.4, -0.2) is 35.3 Å². The zero-order valence-corrected chi connectivity index (χ0v) is 13.0. The van der Waals surface area contributed by atoms with E-state index in [1.54, 1.807) is 0 Å². The average Bonchev–Trinajstić information content (AvgIpc) is 2.50. The zero-order valence-electron chi connectivity index (χ0n) is 13.0. The van der Waals surface area contributed by atoms with Gasteiger partial charge in [-0.1, -0.05) is 6.42 Å². The summed E-state index contributed by atoms with van der Waals surface area (Å²) in [6, 6.07) is 2.53. The number of carbonyl (C=O) groups excluding carboxylic acids is 4. The van der Waals surface area contributed by atoms with Crippen molar-refractivity contribution in [3.8, 4) is 11.5 Å². The van der Waals surface area contributed by atoms with E-state index in [9.17, 15) is 24.3 Å². The Morgan fingerprint density at radius 2 is 1.87 bits per heavy atom. The zero-order chi connectivity index (χ0) is 17.1. The summed E-state index contributed by atoms with van der Waals surface area (Å²) in [7, 11) is 1.36. The van der Waals surface area contributed by atoms with Crippen molar-refractivity contribution in [2.75, 3.05) is 7.11 Å². The van der Waals surface area contributed by atoms with Crippen LogP contribution in [0.25, 0.3) is 0 Å². The molecule has 0 fully saturated rings. The number of ketones is 4. The lowest BCUT2D eigenvalue weighted by Crippen LogP contribution is -2.37. The van der Waals surface area contributed by atoms with E-state index in [1.807, 2.05) is 0 Å². The fourth-order valence-corrected chi connectivity index (χ4v) is 2.73. The predicted octanol–water partition coefficient (Wildman–Crippen LogP) is 2.11. The number of fused-ring (bicyclic) bond motifs is 1. The van der Waals surface area contributed by atoms with E-state index in [0.717, 1.165) is 0 Å². The molecule has 0 amide bonds. The monoisotopic (exact) mass is 318 g/mol. The third-order valence-corrected chi connectivity index (χ3v) is 3.95. The summed E-state index contributed by atoms with van der Waals surface area (Å²) in [5.74, 6) is -3.30. The topological polar surface area (TPSA) is 97.7 Å². The lowest BCUT2D eigenvalue weighted by molar-refractivity contribution is -0.117. The summed E-state index contributed by atoms with van der Waals surface area (Å²) >= 11 is 0. The predicted molar refractivity (Wildman–Crippen MR) is 81.0 cm³/mol. The maximum Gasteiger partial charge on any atom is 0.230 e. The van der Waals surface area contributed by atoms with Crippen LogP contribution < -0.4 is 4.74 Å². The summed E-state index contributed by atoms with van der Waals surface area (Å²) in [5.41, 5.74) is -0.233. The molecule has 1 atom stereocenters. The van der Waals surface area contributed by atoms with E-state index in [4.69, 9.17) is 4.74 Å². The number of Topliss-reactive ketones (excluding diaryl/α,β-unsaturated/α-hetero) is 4. The largest absolute Gasteiger partial charge is 0.507 e. The molecule has 0 heterocycles. The van der Waals surface area contributed by atoms with Gasteiger partial charge in [0.1, 0.15) is 17.3 Å². The Balaban J connectivity index is 2.27. The molecule has 1 unspecified atom stereocenters. The molecule has 0 aromatic heterocycles. The number of phenols is 1. The Kier molecular flexibility index (Phi) is 4.93. The van der Waals surface area contributed by atoms with Crippen molar-refractivity contribution in [3.05, 3.63) is 23.3 Å². The standard InChI is InChI=1S/C17H18O6/c1-9(18)5-3-4-6-11-15(20)14-12(17(22)16(11)21)7-10(23-2)8-13(14)19/h7-8,11,19H,3-6H2,1-2H3. The molecule has 1 N–H and O–H groups in total. The van der Waals surface area contributed by atoms with Crippen LogP contribution in [0.2, 0.25) is 0 Å². The normalized spacial score (nSPS) is 17.1. The van der Waals surface area contributed by atoms with Gasteiger partial charge in [0.25, 0.3) is 0 Å². The summed E-state index contributed by atoms with van der Waals surface area (Å²) in [6.45, 7) is 1.47. The molecule has 1 aromatic rings. The van der Waals surface area contributed by atoms with E-state index in [0.29, 0.717) is 19.3 Å². The molecule has 1 aliphatic carbocycles. The highest BCUT2D eigenvalue weighted by Crippen LogP contribution is 2.35. The minimum absolute atomic E-state index is 0.0393. The number of carbonyl (C=O) groups is 4. The van der Waals surface area contributed by atoms with Crippen molar-refractivity contribution < 1.29 is 29.0 Å². The second-order valence-electron chi connectivity index (χ2n) is 5.63. The number of aromatic hydroxyl groups is 1. The van der Waals surface area contributed by atoms with E-state index in [1.165, 1.54) is 26.2 Å². The van der Waals surface area contributed by atoms with Gasteiger partial charge in [-0.3, -0.25) is 14.4 Å². The number of unbranched alkanes of at least 4 members (excludes halogenated alkanes) is 1. The maximum atomic E-state index is 12.5. The molecule has 0 aliphatic heterocycles. The molecule has 6 heteroatoms. The minimum Gasteiger partial charge on any atom is -0.507 e. The molecule has 1 aromatic carbocycles. The Bertz CT molecular complexity index is 689. The maximum absolute atomic E-state index is 12.5. The van der Waals surface area contributed by atoms with Gasteiger partial charge in [-0.25, -0.2) is 0 Å². The van der Waals surface area contributed by atoms with Crippen LogP contribution in [0, 0.1) is 5.92 Å². The number of hydrogen-bond acceptors (Lipinski definition) is 6. The average molecular weight is 318 g/mol. The van der Waals surface area contributed by atoms with Crippen molar-refractivity contribution in [1.82, 2.24) is 0 Å². The number of hydrogen-bond donors (Lipinski definition) is 1. The molecule has 122 valence electrons. The first kappa shape index (κ1) is 16.9. The van der Waals surface area contributed by atoms with E-state index >= 15 is 0 Å². The number of ether oxygens (including phenoxy) is 1. The van der Waals surface area contributed by atoms with Gasteiger partial charge in [-0.05, 0) is 25.8 Å². The number of phenolic OH excluding ortho intramolecular Hbond substituents is 1. The Morgan fingerprint density at radius 1 is 1.17 bits per heavy atom. The molecule has 0 spiro atoms. The number of benzene rings is 1. The minimum atomic E-state index is -1.08. The van der Waals surface area contributed by atoms with Crippen molar-refractivity contribution in [3.63, 3.8) is 0 Å². The summed E-state index contributed by atoms with van der Waals surface area (Å²) in [5, 5.41) is 10.00. The quantitative estimate of drug-likeness (QED) is 0.490. The Morgan fingerprint density at radius 3 is 2.48 bits per heavy atom. The fourth-order valence-electron chi connectivity index (χ4n) is 2.73. The van der Waals surface area contributed by atoms with Gasteiger partial charge in [0.15, 0.2) is 5.78 Å². The van der Waals surface area contributed by atoms with E-state index < -0.39 is 23.3 Å². The van der Waals surface area contributed by atoms with Crippen LogP contribution in [-0.2, 0) is 9.59 Å². The lowest BCUT2D eigenvalue weighted by Gasteiger charge is -2.22.